The minimum absolute atomic E-state index is 0.0768. The van der Waals surface area contributed by atoms with Crippen LogP contribution in [0.4, 0.5) is 0 Å². The molecular weight excluding hydrogens is 302 g/mol. The number of hydrogen-bond donors (Lipinski definition) is 1. The summed E-state index contributed by atoms with van der Waals surface area (Å²) < 4.78 is 0. The van der Waals surface area contributed by atoms with Gasteiger partial charge in [0.15, 0.2) is 0 Å². The molecule has 1 amide bonds. The van der Waals surface area contributed by atoms with Crippen LogP contribution in [0.2, 0.25) is 0 Å². The standard InChI is InChI=1S/C20H29NOS/c1-14(7-16-5-4-6-23-16)21-17(22)20-10-15-8-18(2,12-20)11-19(3,9-15)13-20/h4-6,14-15H,7-13H2,1-3H3,(H,21,22). The molecule has 3 unspecified atom stereocenters. The van der Waals surface area contributed by atoms with E-state index in [0.29, 0.717) is 16.7 Å². The zero-order valence-corrected chi connectivity index (χ0v) is 15.5. The fourth-order valence-electron chi connectivity index (χ4n) is 6.86. The lowest BCUT2D eigenvalue weighted by atomic mass is 9.40. The third kappa shape index (κ3) is 2.75. The maximum atomic E-state index is 13.2. The first kappa shape index (κ1) is 15.7. The van der Waals surface area contributed by atoms with Gasteiger partial charge >= 0.3 is 0 Å². The molecule has 4 aliphatic rings. The molecular formula is C20H29NOS. The fraction of sp³-hybridized carbons (Fsp3) is 0.750. The van der Waals surface area contributed by atoms with Gasteiger partial charge in [0.1, 0.15) is 0 Å². The molecule has 0 aliphatic heterocycles. The number of nitrogens with one attached hydrogen (secondary N) is 1. The van der Waals surface area contributed by atoms with Crippen LogP contribution >= 0.6 is 11.3 Å². The summed E-state index contributed by atoms with van der Waals surface area (Å²) in [5.41, 5.74) is 0.734. The molecule has 4 aliphatic carbocycles. The average Bonchev–Trinajstić information content (AvgIpc) is 2.86. The number of thiophene rings is 1. The maximum absolute atomic E-state index is 13.2. The van der Waals surface area contributed by atoms with Gasteiger partial charge in [0.05, 0.1) is 5.41 Å². The molecule has 0 radical (unpaired) electrons. The highest BCUT2D eigenvalue weighted by atomic mass is 32.1. The second-order valence-electron chi connectivity index (χ2n) is 9.57. The van der Waals surface area contributed by atoms with Crippen molar-refractivity contribution >= 4 is 17.2 Å². The molecule has 1 heterocycles. The van der Waals surface area contributed by atoms with Crippen molar-refractivity contribution in [2.45, 2.75) is 71.8 Å². The quantitative estimate of drug-likeness (QED) is 0.844. The van der Waals surface area contributed by atoms with Crippen LogP contribution in [-0.2, 0) is 11.2 Å². The Morgan fingerprint density at radius 1 is 1.26 bits per heavy atom. The highest BCUT2D eigenvalue weighted by Crippen LogP contribution is 2.69. The molecule has 0 spiro atoms. The fourth-order valence-corrected chi connectivity index (χ4v) is 7.69. The van der Waals surface area contributed by atoms with E-state index in [-0.39, 0.29) is 11.5 Å². The van der Waals surface area contributed by atoms with E-state index in [1.807, 2.05) is 0 Å². The van der Waals surface area contributed by atoms with Crippen LogP contribution in [-0.4, -0.2) is 11.9 Å². The summed E-state index contributed by atoms with van der Waals surface area (Å²) in [5, 5.41) is 5.49. The first-order chi connectivity index (χ1) is 10.8. The van der Waals surface area contributed by atoms with Crippen molar-refractivity contribution in [3.8, 4) is 0 Å². The van der Waals surface area contributed by atoms with Crippen molar-refractivity contribution in [2.24, 2.45) is 22.2 Å². The van der Waals surface area contributed by atoms with Crippen molar-refractivity contribution in [3.63, 3.8) is 0 Å². The number of carbonyl (C=O) groups excluding carboxylic acids is 1. The van der Waals surface area contributed by atoms with Gasteiger partial charge in [-0.15, -0.1) is 11.3 Å². The number of amides is 1. The molecule has 0 aromatic carbocycles. The largest absolute Gasteiger partial charge is 0.353 e. The SMILES string of the molecule is CC(Cc1cccs1)NC(=O)C12CC3CC(C)(CC(C)(C3)C1)C2. The van der Waals surface area contributed by atoms with Crippen LogP contribution in [0, 0.1) is 22.2 Å². The molecule has 5 rings (SSSR count). The smallest absolute Gasteiger partial charge is 0.226 e. The molecule has 3 atom stereocenters. The third-order valence-corrected chi connectivity index (χ3v) is 7.47. The van der Waals surface area contributed by atoms with Crippen molar-refractivity contribution in [1.82, 2.24) is 5.32 Å². The van der Waals surface area contributed by atoms with Crippen LogP contribution < -0.4 is 5.32 Å². The molecule has 4 bridgehead atoms. The van der Waals surface area contributed by atoms with Gasteiger partial charge in [0.25, 0.3) is 0 Å². The lowest BCUT2D eigenvalue weighted by Crippen LogP contribution is -2.60. The zero-order valence-electron chi connectivity index (χ0n) is 14.7. The van der Waals surface area contributed by atoms with E-state index in [0.717, 1.165) is 31.6 Å². The van der Waals surface area contributed by atoms with Gasteiger partial charge in [-0.2, -0.15) is 0 Å². The molecule has 4 saturated carbocycles. The van der Waals surface area contributed by atoms with Crippen LogP contribution in [0.3, 0.4) is 0 Å². The van der Waals surface area contributed by atoms with Gasteiger partial charge in [0, 0.05) is 17.3 Å². The minimum Gasteiger partial charge on any atom is -0.353 e. The maximum Gasteiger partial charge on any atom is 0.226 e. The van der Waals surface area contributed by atoms with Gasteiger partial charge in [0.2, 0.25) is 5.91 Å². The van der Waals surface area contributed by atoms with E-state index in [1.54, 1.807) is 11.3 Å². The summed E-state index contributed by atoms with van der Waals surface area (Å²) in [5.74, 6) is 1.13. The van der Waals surface area contributed by atoms with Gasteiger partial charge in [-0.25, -0.2) is 0 Å². The lowest BCUT2D eigenvalue weighted by Gasteiger charge is -2.64. The normalized spacial score (nSPS) is 42.7. The Morgan fingerprint density at radius 3 is 2.52 bits per heavy atom. The van der Waals surface area contributed by atoms with Gasteiger partial charge in [-0.05, 0) is 73.6 Å². The van der Waals surface area contributed by atoms with Crippen LogP contribution in [0.1, 0.15) is 64.2 Å². The molecule has 4 fully saturated rings. The van der Waals surface area contributed by atoms with Crippen LogP contribution in [0.5, 0.6) is 0 Å². The van der Waals surface area contributed by atoms with E-state index in [9.17, 15) is 4.79 Å². The summed E-state index contributed by atoms with van der Waals surface area (Å²) >= 11 is 1.79. The molecule has 126 valence electrons. The average molecular weight is 332 g/mol. The van der Waals surface area contributed by atoms with Gasteiger partial charge in [-0.1, -0.05) is 19.9 Å². The van der Waals surface area contributed by atoms with Crippen molar-refractivity contribution in [1.29, 1.82) is 0 Å². The van der Waals surface area contributed by atoms with Crippen molar-refractivity contribution in [3.05, 3.63) is 22.4 Å². The highest BCUT2D eigenvalue weighted by Gasteiger charge is 2.62. The highest BCUT2D eigenvalue weighted by molar-refractivity contribution is 7.09. The minimum atomic E-state index is -0.0768. The summed E-state index contributed by atoms with van der Waals surface area (Å²) in [7, 11) is 0. The summed E-state index contributed by atoms with van der Waals surface area (Å²) in [6.45, 7) is 7.03. The summed E-state index contributed by atoms with van der Waals surface area (Å²) in [6, 6.07) is 4.49. The second-order valence-corrected chi connectivity index (χ2v) is 10.6. The van der Waals surface area contributed by atoms with Gasteiger partial charge in [-0.3, -0.25) is 4.79 Å². The summed E-state index contributed by atoms with van der Waals surface area (Å²) in [6.07, 6.45) is 8.35. The predicted octanol–water partition coefficient (Wildman–Crippen LogP) is 4.79. The van der Waals surface area contributed by atoms with Crippen molar-refractivity contribution < 1.29 is 4.79 Å². The van der Waals surface area contributed by atoms with Crippen molar-refractivity contribution in [2.75, 3.05) is 0 Å². The molecule has 23 heavy (non-hydrogen) atoms. The summed E-state index contributed by atoms with van der Waals surface area (Å²) in [4.78, 5) is 14.6. The van der Waals surface area contributed by atoms with E-state index >= 15 is 0 Å². The first-order valence-electron chi connectivity index (χ1n) is 9.13. The Kier molecular flexibility index (Phi) is 3.46. The van der Waals surface area contributed by atoms with E-state index in [2.05, 4.69) is 43.6 Å². The molecule has 1 N–H and O–H groups in total. The predicted molar refractivity (Wildman–Crippen MR) is 95.5 cm³/mol. The first-order valence-corrected chi connectivity index (χ1v) is 10.0. The molecule has 2 nitrogen and oxygen atoms in total. The third-order valence-electron chi connectivity index (χ3n) is 6.57. The molecule has 1 aromatic heterocycles. The molecule has 1 aromatic rings. The second kappa shape index (κ2) is 5.08. The Labute approximate surface area is 144 Å². The topological polar surface area (TPSA) is 29.1 Å². The molecule has 3 heteroatoms. The Hall–Kier alpha value is -0.830. The Bertz CT molecular complexity index is 589. The molecule has 0 saturated heterocycles. The van der Waals surface area contributed by atoms with Crippen LogP contribution in [0.25, 0.3) is 0 Å². The zero-order chi connectivity index (χ0) is 16.3. The Morgan fingerprint density at radius 2 is 1.96 bits per heavy atom. The number of carbonyl (C=O) groups is 1. The monoisotopic (exact) mass is 331 g/mol. The van der Waals surface area contributed by atoms with Crippen LogP contribution in [0.15, 0.2) is 17.5 Å². The number of hydrogen-bond acceptors (Lipinski definition) is 2. The lowest BCUT2D eigenvalue weighted by molar-refractivity contribution is -0.170. The Balaban J connectivity index is 1.49. The van der Waals surface area contributed by atoms with Gasteiger partial charge < -0.3 is 5.32 Å². The van der Waals surface area contributed by atoms with E-state index in [1.165, 1.54) is 24.1 Å². The number of rotatable bonds is 4. The van der Waals surface area contributed by atoms with E-state index in [4.69, 9.17) is 0 Å². The van der Waals surface area contributed by atoms with E-state index < -0.39 is 0 Å².